The molecule has 3 heterocycles. The topological polar surface area (TPSA) is 111 Å². The van der Waals surface area contributed by atoms with Gasteiger partial charge < -0.3 is 14.9 Å². The lowest BCUT2D eigenvalue weighted by molar-refractivity contribution is -0.134. The van der Waals surface area contributed by atoms with E-state index in [1.807, 2.05) is 24.1 Å². The minimum absolute atomic E-state index is 0.0452. The summed E-state index contributed by atoms with van der Waals surface area (Å²) in [6.07, 6.45) is 7.08. The lowest BCUT2D eigenvalue weighted by Crippen LogP contribution is -2.48. The molecule has 1 aromatic rings. The van der Waals surface area contributed by atoms with Crippen molar-refractivity contribution in [3.05, 3.63) is 24.0 Å². The lowest BCUT2D eigenvalue weighted by Gasteiger charge is -2.28. The average molecular weight is 413 g/mol. The van der Waals surface area contributed by atoms with E-state index in [1.54, 1.807) is 6.20 Å². The second-order valence-corrected chi connectivity index (χ2v) is 8.90. The maximum atomic E-state index is 12.9. The van der Waals surface area contributed by atoms with Crippen molar-refractivity contribution in [3.8, 4) is 0 Å². The first kappa shape index (κ1) is 22.1. The average Bonchev–Trinajstić information content (AvgIpc) is 3.02. The first-order chi connectivity index (χ1) is 13.3. The van der Waals surface area contributed by atoms with Gasteiger partial charge >= 0.3 is 0 Å². The first-order valence-corrected chi connectivity index (χ1v) is 11.1. The van der Waals surface area contributed by atoms with Gasteiger partial charge in [0, 0.05) is 50.8 Å². The Hall–Kier alpha value is -2.20. The summed E-state index contributed by atoms with van der Waals surface area (Å²) in [7, 11) is -3.34. The third kappa shape index (κ3) is 5.41. The largest absolute Gasteiger partial charge is 0.483 e. The molecule has 2 aliphatic rings. The molecule has 0 spiro atoms. The summed E-state index contributed by atoms with van der Waals surface area (Å²) in [5.41, 5.74) is 2.28. The zero-order valence-electron chi connectivity index (χ0n) is 16.3. The summed E-state index contributed by atoms with van der Waals surface area (Å²) in [4.78, 5) is 29.5. The van der Waals surface area contributed by atoms with E-state index >= 15 is 0 Å². The molecule has 1 atom stereocenters. The van der Waals surface area contributed by atoms with Crippen molar-refractivity contribution in [2.24, 2.45) is 0 Å². The summed E-state index contributed by atoms with van der Waals surface area (Å²) in [6, 6.07) is 1.49. The summed E-state index contributed by atoms with van der Waals surface area (Å²) >= 11 is 0. The van der Waals surface area contributed by atoms with E-state index in [9.17, 15) is 13.2 Å². The van der Waals surface area contributed by atoms with Gasteiger partial charge in [-0.25, -0.2) is 8.42 Å². The Morgan fingerprint density at radius 2 is 1.93 bits per heavy atom. The summed E-state index contributed by atoms with van der Waals surface area (Å²) in [5.74, 6) is -0.0452. The van der Waals surface area contributed by atoms with Crippen LogP contribution in [0.1, 0.15) is 24.8 Å². The second-order valence-electron chi connectivity index (χ2n) is 6.97. The van der Waals surface area contributed by atoms with Crippen LogP contribution in [0.3, 0.4) is 0 Å². The van der Waals surface area contributed by atoms with Crippen LogP contribution in [0, 0.1) is 6.92 Å². The molecular formula is C18H28N4O5S. The third-order valence-corrected chi connectivity index (χ3v) is 6.34. The summed E-state index contributed by atoms with van der Waals surface area (Å²) in [6.45, 7) is 5.17. The molecular weight excluding hydrogens is 384 g/mol. The normalized spacial score (nSPS) is 20.9. The molecule has 1 aromatic heterocycles. The summed E-state index contributed by atoms with van der Waals surface area (Å²) in [5, 5.41) is 6.89. The van der Waals surface area contributed by atoms with Crippen LogP contribution in [0.4, 0.5) is 5.69 Å². The van der Waals surface area contributed by atoms with Crippen molar-refractivity contribution in [1.82, 2.24) is 14.2 Å². The molecule has 156 valence electrons. The number of aryl methyl sites for hydroxylation is 1. The number of hydrogen-bond donors (Lipinski definition) is 1. The van der Waals surface area contributed by atoms with Crippen LogP contribution in [0.2, 0.25) is 0 Å². The highest BCUT2D eigenvalue weighted by atomic mass is 32.2. The number of nitrogens with zero attached hydrogens (tertiary/aromatic N) is 4. The van der Waals surface area contributed by atoms with Crippen LogP contribution in [-0.2, 0) is 19.6 Å². The van der Waals surface area contributed by atoms with E-state index < -0.39 is 16.1 Å². The van der Waals surface area contributed by atoms with Gasteiger partial charge in [-0.3, -0.25) is 14.6 Å². The molecule has 0 unspecified atom stereocenters. The minimum atomic E-state index is -3.34. The fourth-order valence-corrected chi connectivity index (χ4v) is 4.91. The zero-order valence-corrected chi connectivity index (χ0v) is 17.1. The zero-order chi connectivity index (χ0) is 20.7. The number of anilines is 1. The molecule has 2 fully saturated rings. The number of aromatic nitrogens is 1. The number of sulfonamides is 1. The van der Waals surface area contributed by atoms with E-state index in [1.165, 1.54) is 10.6 Å². The van der Waals surface area contributed by atoms with Crippen LogP contribution >= 0.6 is 0 Å². The Morgan fingerprint density at radius 3 is 2.57 bits per heavy atom. The van der Waals surface area contributed by atoms with Crippen molar-refractivity contribution < 1.29 is 23.1 Å². The number of amides is 1. The number of hydrogen-bond acceptors (Lipinski definition) is 6. The highest BCUT2D eigenvalue weighted by Crippen LogP contribution is 2.24. The van der Waals surface area contributed by atoms with E-state index in [0.717, 1.165) is 37.2 Å². The van der Waals surface area contributed by atoms with Crippen molar-refractivity contribution in [1.29, 1.82) is 0 Å². The van der Waals surface area contributed by atoms with Crippen LogP contribution in [0.15, 0.2) is 18.5 Å². The van der Waals surface area contributed by atoms with Crippen LogP contribution in [0.25, 0.3) is 0 Å². The van der Waals surface area contributed by atoms with Crippen LogP contribution in [-0.4, -0.2) is 85.1 Å². The molecule has 1 amide bonds. The molecule has 9 nitrogen and oxygen atoms in total. The number of rotatable bonds is 3. The quantitative estimate of drug-likeness (QED) is 0.722. The predicted molar refractivity (Wildman–Crippen MR) is 106 cm³/mol. The Bertz CT molecular complexity index is 786. The molecule has 0 aliphatic carbocycles. The third-order valence-electron chi connectivity index (χ3n) is 5.05. The molecule has 1 N–H and O–H groups in total. The van der Waals surface area contributed by atoms with Crippen molar-refractivity contribution in [2.45, 2.75) is 32.2 Å². The second kappa shape index (κ2) is 9.83. The molecule has 0 bridgehead atoms. The predicted octanol–water partition coefficient (Wildman–Crippen LogP) is 0.554. The van der Waals surface area contributed by atoms with E-state index in [4.69, 9.17) is 9.90 Å². The highest BCUT2D eigenvalue weighted by molar-refractivity contribution is 7.88. The van der Waals surface area contributed by atoms with Gasteiger partial charge in [0.25, 0.3) is 6.47 Å². The lowest BCUT2D eigenvalue weighted by atomic mass is 10.2. The van der Waals surface area contributed by atoms with E-state index in [-0.39, 0.29) is 12.4 Å². The van der Waals surface area contributed by atoms with Gasteiger partial charge in [-0.05, 0) is 37.8 Å². The Labute approximate surface area is 166 Å². The molecule has 0 radical (unpaired) electrons. The van der Waals surface area contributed by atoms with Crippen LogP contribution < -0.4 is 4.90 Å². The Morgan fingerprint density at radius 1 is 1.21 bits per heavy atom. The van der Waals surface area contributed by atoms with Gasteiger partial charge in [-0.15, -0.1) is 0 Å². The molecule has 28 heavy (non-hydrogen) atoms. The smallest absolute Gasteiger partial charge is 0.290 e. The molecule has 0 aromatic carbocycles. The van der Waals surface area contributed by atoms with Gasteiger partial charge in [-0.2, -0.15) is 4.31 Å². The van der Waals surface area contributed by atoms with Crippen molar-refractivity contribution in [2.75, 3.05) is 43.9 Å². The van der Waals surface area contributed by atoms with Gasteiger partial charge in [0.15, 0.2) is 0 Å². The van der Waals surface area contributed by atoms with Crippen molar-refractivity contribution >= 4 is 28.1 Å². The minimum Gasteiger partial charge on any atom is -0.483 e. The van der Waals surface area contributed by atoms with Gasteiger partial charge in [0.1, 0.15) is 6.04 Å². The number of carbonyl (C=O) groups is 2. The standard InChI is InChI=1S/C17H26N4O3S.CH2O2/c1-14-13-18-7-6-15(14)19-8-4-9-20(12-11-19)17(22)16-5-3-10-21(16)25(2,23)24;2-1-3/h6-7,13,16H,3-5,8-12H2,1-2H3;1H,(H,2,3)/t16-;/m0./s1. The Balaban J connectivity index is 0.000000878. The number of carbonyl (C=O) groups excluding carboxylic acids is 1. The maximum Gasteiger partial charge on any atom is 0.290 e. The molecule has 0 saturated carbocycles. The summed E-state index contributed by atoms with van der Waals surface area (Å²) < 4.78 is 25.2. The molecule has 3 rings (SSSR count). The molecule has 10 heteroatoms. The SMILES string of the molecule is Cc1cnccc1N1CCCN(C(=O)[C@@H]2CCCN2S(C)(=O)=O)CC1.O=CO. The molecule has 2 aliphatic heterocycles. The molecule has 2 saturated heterocycles. The fraction of sp³-hybridized carbons (Fsp3) is 0.611. The van der Waals surface area contributed by atoms with E-state index in [2.05, 4.69) is 9.88 Å². The highest BCUT2D eigenvalue weighted by Gasteiger charge is 2.38. The van der Waals surface area contributed by atoms with Gasteiger partial charge in [0.2, 0.25) is 15.9 Å². The van der Waals surface area contributed by atoms with E-state index in [0.29, 0.717) is 26.1 Å². The first-order valence-electron chi connectivity index (χ1n) is 9.28. The van der Waals surface area contributed by atoms with Crippen molar-refractivity contribution in [3.63, 3.8) is 0 Å². The monoisotopic (exact) mass is 412 g/mol. The number of carboxylic acid groups (broad SMARTS) is 1. The van der Waals surface area contributed by atoms with Gasteiger partial charge in [-0.1, -0.05) is 0 Å². The number of pyridine rings is 1. The van der Waals surface area contributed by atoms with Crippen LogP contribution in [0.5, 0.6) is 0 Å². The van der Waals surface area contributed by atoms with Gasteiger partial charge in [0.05, 0.1) is 6.26 Å². The fourth-order valence-electron chi connectivity index (χ4n) is 3.79. The Kier molecular flexibility index (Phi) is 7.76. The maximum absolute atomic E-state index is 12.9.